The van der Waals surface area contributed by atoms with Crippen LogP contribution in [0.4, 0.5) is 0 Å². The molecule has 3 N–H and O–H groups in total. The van der Waals surface area contributed by atoms with Crippen LogP contribution in [0.3, 0.4) is 0 Å². The number of carboxylic acid groups (broad SMARTS) is 1. The Kier molecular flexibility index (Phi) is 4.14. The minimum absolute atomic E-state index is 0.112. The Bertz CT molecular complexity index is 222. The van der Waals surface area contributed by atoms with Crippen LogP contribution in [0.1, 0.15) is 46.0 Å². The van der Waals surface area contributed by atoms with Crippen molar-refractivity contribution in [3.05, 3.63) is 0 Å². The van der Waals surface area contributed by atoms with Gasteiger partial charge in [0, 0.05) is 6.54 Å². The molecule has 1 saturated carbocycles. The lowest BCUT2D eigenvalue weighted by Gasteiger charge is -2.34. The minimum atomic E-state index is -0.716. The Morgan fingerprint density at radius 1 is 1.47 bits per heavy atom. The van der Waals surface area contributed by atoms with E-state index in [-0.39, 0.29) is 12.5 Å². The van der Waals surface area contributed by atoms with Crippen molar-refractivity contribution < 1.29 is 9.90 Å². The highest BCUT2D eigenvalue weighted by Gasteiger charge is 2.42. The molecule has 1 fully saturated rings. The summed E-state index contributed by atoms with van der Waals surface area (Å²) in [4.78, 5) is 11.4. The highest BCUT2D eigenvalue weighted by Crippen LogP contribution is 2.40. The Morgan fingerprint density at radius 3 is 2.33 bits per heavy atom. The van der Waals surface area contributed by atoms with E-state index in [2.05, 4.69) is 0 Å². The molecule has 88 valence electrons. The molecule has 0 spiro atoms. The van der Waals surface area contributed by atoms with Crippen LogP contribution in [-0.4, -0.2) is 17.6 Å². The molecule has 1 aliphatic rings. The Hall–Kier alpha value is -0.570. The first-order valence-electron chi connectivity index (χ1n) is 5.96. The van der Waals surface area contributed by atoms with Crippen molar-refractivity contribution in [2.24, 2.45) is 23.0 Å². The highest BCUT2D eigenvalue weighted by molar-refractivity contribution is 5.75. The molecule has 0 aromatic carbocycles. The van der Waals surface area contributed by atoms with Gasteiger partial charge in [0.25, 0.3) is 0 Å². The van der Waals surface area contributed by atoms with E-state index in [1.807, 2.05) is 13.8 Å². The molecule has 1 aliphatic carbocycles. The SMILES string of the molecule is CC(C)C(CN)(CC1CCCC1)C(=O)O. The second-order valence-corrected chi connectivity index (χ2v) is 5.17. The third-order valence-corrected chi connectivity index (χ3v) is 4.02. The maximum Gasteiger partial charge on any atom is 0.311 e. The van der Waals surface area contributed by atoms with Crippen LogP contribution in [0, 0.1) is 17.3 Å². The molecule has 0 saturated heterocycles. The van der Waals surface area contributed by atoms with Gasteiger partial charge >= 0.3 is 5.97 Å². The molecular formula is C12H23NO2. The van der Waals surface area contributed by atoms with Gasteiger partial charge in [0.05, 0.1) is 5.41 Å². The Morgan fingerprint density at radius 2 is 2.00 bits per heavy atom. The average Bonchev–Trinajstić information content (AvgIpc) is 2.65. The summed E-state index contributed by atoms with van der Waals surface area (Å²) in [5, 5.41) is 9.37. The molecule has 0 aromatic rings. The van der Waals surface area contributed by atoms with Crippen molar-refractivity contribution in [1.29, 1.82) is 0 Å². The standard InChI is InChI=1S/C12H23NO2/c1-9(2)12(8-13,11(14)15)7-10-5-3-4-6-10/h9-10H,3-8,13H2,1-2H3,(H,14,15). The summed E-state index contributed by atoms with van der Waals surface area (Å²) in [5.74, 6) is -0.0282. The topological polar surface area (TPSA) is 63.3 Å². The van der Waals surface area contributed by atoms with Crippen LogP contribution >= 0.6 is 0 Å². The number of carboxylic acids is 1. The van der Waals surface area contributed by atoms with Crippen LogP contribution < -0.4 is 5.73 Å². The number of nitrogens with two attached hydrogens (primary N) is 1. The number of rotatable bonds is 5. The van der Waals surface area contributed by atoms with Gasteiger partial charge in [0.2, 0.25) is 0 Å². The normalized spacial score (nSPS) is 21.9. The lowest BCUT2D eigenvalue weighted by molar-refractivity contribution is -0.152. The summed E-state index contributed by atoms with van der Waals surface area (Å²) in [7, 11) is 0. The van der Waals surface area contributed by atoms with E-state index in [9.17, 15) is 9.90 Å². The van der Waals surface area contributed by atoms with Gasteiger partial charge in [-0.1, -0.05) is 39.5 Å². The Labute approximate surface area is 92.0 Å². The summed E-state index contributed by atoms with van der Waals surface area (Å²) in [6.07, 6.45) is 5.63. The van der Waals surface area contributed by atoms with E-state index in [0.29, 0.717) is 5.92 Å². The molecule has 3 nitrogen and oxygen atoms in total. The molecule has 0 bridgehead atoms. The predicted octanol–water partition coefficient (Wildman–Crippen LogP) is 2.25. The molecule has 15 heavy (non-hydrogen) atoms. The van der Waals surface area contributed by atoms with Crippen LogP contribution in [-0.2, 0) is 4.79 Å². The van der Waals surface area contributed by atoms with Crippen molar-refractivity contribution >= 4 is 5.97 Å². The maximum absolute atomic E-state index is 11.4. The number of hydrogen-bond donors (Lipinski definition) is 2. The third kappa shape index (κ3) is 2.51. The average molecular weight is 213 g/mol. The maximum atomic E-state index is 11.4. The van der Waals surface area contributed by atoms with E-state index in [1.165, 1.54) is 25.7 Å². The van der Waals surface area contributed by atoms with Crippen LogP contribution in [0.25, 0.3) is 0 Å². The lowest BCUT2D eigenvalue weighted by atomic mass is 9.71. The monoisotopic (exact) mass is 213 g/mol. The van der Waals surface area contributed by atoms with Crippen molar-refractivity contribution in [3.63, 3.8) is 0 Å². The zero-order valence-electron chi connectivity index (χ0n) is 9.83. The second-order valence-electron chi connectivity index (χ2n) is 5.17. The smallest absolute Gasteiger partial charge is 0.311 e. The van der Waals surface area contributed by atoms with E-state index >= 15 is 0 Å². The van der Waals surface area contributed by atoms with E-state index in [0.717, 1.165) is 6.42 Å². The fourth-order valence-electron chi connectivity index (χ4n) is 2.71. The first-order chi connectivity index (χ1) is 7.03. The molecule has 0 radical (unpaired) electrons. The molecule has 0 aromatic heterocycles. The van der Waals surface area contributed by atoms with E-state index in [4.69, 9.17) is 5.73 Å². The molecule has 3 heteroatoms. The van der Waals surface area contributed by atoms with E-state index in [1.54, 1.807) is 0 Å². The lowest BCUT2D eigenvalue weighted by Crippen LogP contribution is -2.44. The summed E-state index contributed by atoms with van der Waals surface area (Å²) >= 11 is 0. The highest BCUT2D eigenvalue weighted by atomic mass is 16.4. The molecular weight excluding hydrogens is 190 g/mol. The van der Waals surface area contributed by atoms with Crippen molar-refractivity contribution in [3.8, 4) is 0 Å². The van der Waals surface area contributed by atoms with Gasteiger partial charge in [-0.15, -0.1) is 0 Å². The first-order valence-corrected chi connectivity index (χ1v) is 5.96. The summed E-state index contributed by atoms with van der Waals surface area (Å²) < 4.78 is 0. The molecule has 1 atom stereocenters. The summed E-state index contributed by atoms with van der Waals surface area (Å²) in [6.45, 7) is 4.20. The third-order valence-electron chi connectivity index (χ3n) is 4.02. The minimum Gasteiger partial charge on any atom is -0.481 e. The van der Waals surface area contributed by atoms with Crippen LogP contribution in [0.15, 0.2) is 0 Å². The number of hydrogen-bond acceptors (Lipinski definition) is 2. The quantitative estimate of drug-likeness (QED) is 0.736. The van der Waals surface area contributed by atoms with Gasteiger partial charge in [0.15, 0.2) is 0 Å². The van der Waals surface area contributed by atoms with E-state index < -0.39 is 11.4 Å². The summed E-state index contributed by atoms with van der Waals surface area (Å²) in [5.41, 5.74) is 5.01. The number of aliphatic carboxylic acids is 1. The second kappa shape index (κ2) is 4.97. The number of carbonyl (C=O) groups is 1. The fraction of sp³-hybridized carbons (Fsp3) is 0.917. The zero-order valence-corrected chi connectivity index (χ0v) is 9.83. The molecule has 0 aliphatic heterocycles. The summed E-state index contributed by atoms with van der Waals surface area (Å²) in [6, 6.07) is 0. The predicted molar refractivity (Wildman–Crippen MR) is 60.5 cm³/mol. The van der Waals surface area contributed by atoms with Gasteiger partial charge in [-0.3, -0.25) is 4.79 Å². The fourth-order valence-corrected chi connectivity index (χ4v) is 2.71. The molecule has 1 unspecified atom stereocenters. The van der Waals surface area contributed by atoms with Crippen molar-refractivity contribution in [2.45, 2.75) is 46.0 Å². The molecule has 1 rings (SSSR count). The van der Waals surface area contributed by atoms with Crippen LogP contribution in [0.2, 0.25) is 0 Å². The first kappa shape index (κ1) is 12.5. The van der Waals surface area contributed by atoms with Gasteiger partial charge in [0.1, 0.15) is 0 Å². The van der Waals surface area contributed by atoms with Crippen molar-refractivity contribution in [2.75, 3.05) is 6.54 Å². The Balaban J connectivity index is 2.74. The van der Waals surface area contributed by atoms with Gasteiger partial charge < -0.3 is 10.8 Å². The van der Waals surface area contributed by atoms with Crippen LogP contribution in [0.5, 0.6) is 0 Å². The van der Waals surface area contributed by atoms with Gasteiger partial charge in [-0.05, 0) is 18.3 Å². The van der Waals surface area contributed by atoms with Gasteiger partial charge in [-0.2, -0.15) is 0 Å². The largest absolute Gasteiger partial charge is 0.481 e. The molecule has 0 amide bonds. The van der Waals surface area contributed by atoms with Gasteiger partial charge in [-0.25, -0.2) is 0 Å². The van der Waals surface area contributed by atoms with Crippen molar-refractivity contribution in [1.82, 2.24) is 0 Å². The zero-order chi connectivity index (χ0) is 11.5. The molecule has 0 heterocycles.